The van der Waals surface area contributed by atoms with Gasteiger partial charge in [0.1, 0.15) is 0 Å². The highest BCUT2D eigenvalue weighted by Gasteiger charge is 2.18. The van der Waals surface area contributed by atoms with Crippen molar-refractivity contribution in [3.63, 3.8) is 0 Å². The lowest BCUT2D eigenvalue weighted by atomic mass is 10.1. The summed E-state index contributed by atoms with van der Waals surface area (Å²) in [5.74, 6) is -0.0700. The number of hydrogen-bond acceptors (Lipinski definition) is 2. The Kier molecular flexibility index (Phi) is 4.19. The lowest BCUT2D eigenvalue weighted by molar-refractivity contribution is 0.0741. The quantitative estimate of drug-likeness (QED) is 0.826. The van der Waals surface area contributed by atoms with Crippen molar-refractivity contribution < 1.29 is 4.79 Å². The Morgan fingerprint density at radius 2 is 2.19 bits per heavy atom. The predicted molar refractivity (Wildman–Crippen MR) is 67.7 cm³/mol. The van der Waals surface area contributed by atoms with Gasteiger partial charge in [-0.15, -0.1) is 0 Å². The van der Waals surface area contributed by atoms with Gasteiger partial charge in [-0.2, -0.15) is 0 Å². The van der Waals surface area contributed by atoms with Gasteiger partial charge in [0.25, 0.3) is 5.91 Å². The van der Waals surface area contributed by atoms with Gasteiger partial charge < -0.3 is 10.6 Å². The summed E-state index contributed by atoms with van der Waals surface area (Å²) in [6, 6.07) is 5.14. The van der Waals surface area contributed by atoms with E-state index in [2.05, 4.69) is 0 Å². The van der Waals surface area contributed by atoms with Gasteiger partial charge >= 0.3 is 0 Å². The maximum Gasteiger partial charge on any atom is 0.255 e. The molecule has 1 aromatic carbocycles. The minimum atomic E-state index is -0.0700. The number of nitrogens with zero attached hydrogens (tertiary/aromatic N) is 1. The minimum absolute atomic E-state index is 0.0700. The zero-order chi connectivity index (χ0) is 12.3. The van der Waals surface area contributed by atoms with E-state index in [4.69, 9.17) is 17.3 Å². The van der Waals surface area contributed by atoms with E-state index >= 15 is 0 Å². The first-order chi connectivity index (χ1) is 7.47. The first kappa shape index (κ1) is 12.8. The third kappa shape index (κ3) is 2.67. The van der Waals surface area contributed by atoms with Crippen LogP contribution in [0.1, 0.15) is 30.6 Å². The normalized spacial score (nSPS) is 12.2. The van der Waals surface area contributed by atoms with Crippen LogP contribution in [-0.4, -0.2) is 23.9 Å². The van der Waals surface area contributed by atoms with Crippen molar-refractivity contribution in [2.45, 2.75) is 26.3 Å². The zero-order valence-electron chi connectivity index (χ0n) is 9.83. The molecule has 0 saturated heterocycles. The summed E-state index contributed by atoms with van der Waals surface area (Å²) >= 11 is 5.99. The molecule has 0 aliphatic heterocycles. The summed E-state index contributed by atoms with van der Waals surface area (Å²) in [6.07, 6.45) is 0.912. The lowest BCUT2D eigenvalue weighted by Crippen LogP contribution is -2.34. The van der Waals surface area contributed by atoms with Gasteiger partial charge in [-0.05, 0) is 31.5 Å². The smallest absolute Gasteiger partial charge is 0.255 e. The van der Waals surface area contributed by atoms with Crippen molar-refractivity contribution in [3.05, 3.63) is 28.8 Å². The Bertz CT molecular complexity index is 393. The second-order valence-corrected chi connectivity index (χ2v) is 4.32. The van der Waals surface area contributed by atoms with Crippen LogP contribution in [0.25, 0.3) is 0 Å². The van der Waals surface area contributed by atoms with Gasteiger partial charge in [0.15, 0.2) is 0 Å². The number of rotatable bonds is 3. The molecule has 0 aromatic heterocycles. The molecule has 0 aliphatic carbocycles. The van der Waals surface area contributed by atoms with Crippen molar-refractivity contribution in [2.24, 2.45) is 0 Å². The van der Waals surface area contributed by atoms with Gasteiger partial charge in [0.2, 0.25) is 0 Å². The predicted octanol–water partition coefficient (Wildman–Crippen LogP) is 2.79. The van der Waals surface area contributed by atoms with E-state index in [1.165, 1.54) is 0 Å². The largest absolute Gasteiger partial charge is 0.399 e. The molecule has 0 fully saturated rings. The number of nitrogen functional groups attached to an aromatic ring is 1. The molecule has 0 spiro atoms. The molecule has 0 radical (unpaired) electrons. The molecule has 1 amide bonds. The molecule has 1 aromatic rings. The maximum absolute atomic E-state index is 12.1. The number of carbonyl (C=O) groups excluding carboxylic acids is 1. The molecule has 0 heterocycles. The van der Waals surface area contributed by atoms with Crippen LogP contribution in [0.15, 0.2) is 18.2 Å². The summed E-state index contributed by atoms with van der Waals surface area (Å²) in [4.78, 5) is 13.8. The maximum atomic E-state index is 12.1. The molecule has 16 heavy (non-hydrogen) atoms. The van der Waals surface area contributed by atoms with E-state index in [0.29, 0.717) is 16.3 Å². The second kappa shape index (κ2) is 5.21. The van der Waals surface area contributed by atoms with Crippen molar-refractivity contribution in [1.82, 2.24) is 4.90 Å². The Morgan fingerprint density at radius 3 is 2.69 bits per heavy atom. The van der Waals surface area contributed by atoms with E-state index in [1.54, 1.807) is 30.1 Å². The van der Waals surface area contributed by atoms with E-state index in [1.807, 2.05) is 13.8 Å². The second-order valence-electron chi connectivity index (χ2n) is 3.91. The summed E-state index contributed by atoms with van der Waals surface area (Å²) in [5, 5.41) is 0.403. The number of benzene rings is 1. The average molecular weight is 241 g/mol. The van der Waals surface area contributed by atoms with Crippen molar-refractivity contribution in [2.75, 3.05) is 12.8 Å². The van der Waals surface area contributed by atoms with Crippen LogP contribution in [-0.2, 0) is 0 Å². The summed E-state index contributed by atoms with van der Waals surface area (Å²) in [5.41, 5.74) is 6.64. The summed E-state index contributed by atoms with van der Waals surface area (Å²) < 4.78 is 0. The van der Waals surface area contributed by atoms with Crippen LogP contribution >= 0.6 is 11.6 Å². The van der Waals surface area contributed by atoms with Crippen LogP contribution in [0, 0.1) is 0 Å². The fourth-order valence-electron chi connectivity index (χ4n) is 1.37. The molecule has 1 unspecified atom stereocenters. The molecule has 4 heteroatoms. The average Bonchev–Trinajstić information content (AvgIpc) is 2.26. The molecule has 1 atom stereocenters. The lowest BCUT2D eigenvalue weighted by Gasteiger charge is -2.24. The molecular formula is C12H17ClN2O. The Labute approximate surface area is 101 Å². The van der Waals surface area contributed by atoms with E-state index < -0.39 is 0 Å². The standard InChI is InChI=1S/C12H17ClN2O/c1-4-8(2)15(3)12(16)10-6-5-9(14)7-11(10)13/h5-8H,4,14H2,1-3H3. The van der Waals surface area contributed by atoms with Crippen molar-refractivity contribution in [1.29, 1.82) is 0 Å². The van der Waals surface area contributed by atoms with Gasteiger partial charge in [-0.25, -0.2) is 0 Å². The van der Waals surface area contributed by atoms with Gasteiger partial charge in [-0.3, -0.25) is 4.79 Å². The number of anilines is 1. The van der Waals surface area contributed by atoms with Crippen LogP contribution in [0.2, 0.25) is 5.02 Å². The highest BCUT2D eigenvalue weighted by molar-refractivity contribution is 6.34. The van der Waals surface area contributed by atoms with Gasteiger partial charge in [0, 0.05) is 18.8 Å². The molecule has 3 nitrogen and oxygen atoms in total. The Morgan fingerprint density at radius 1 is 1.56 bits per heavy atom. The first-order valence-corrected chi connectivity index (χ1v) is 5.67. The van der Waals surface area contributed by atoms with E-state index in [9.17, 15) is 4.79 Å². The number of halogens is 1. The molecular weight excluding hydrogens is 224 g/mol. The third-order valence-corrected chi connectivity index (χ3v) is 3.11. The highest BCUT2D eigenvalue weighted by Crippen LogP contribution is 2.21. The van der Waals surface area contributed by atoms with Crippen molar-refractivity contribution in [3.8, 4) is 0 Å². The number of amides is 1. The van der Waals surface area contributed by atoms with Crippen LogP contribution in [0.4, 0.5) is 5.69 Å². The fraction of sp³-hybridized carbons (Fsp3) is 0.417. The molecule has 0 saturated carbocycles. The minimum Gasteiger partial charge on any atom is -0.399 e. The number of nitrogens with two attached hydrogens (primary N) is 1. The molecule has 1 rings (SSSR count). The monoisotopic (exact) mass is 240 g/mol. The van der Waals surface area contributed by atoms with E-state index in [0.717, 1.165) is 6.42 Å². The summed E-state index contributed by atoms with van der Waals surface area (Å²) in [7, 11) is 1.78. The van der Waals surface area contributed by atoms with Crippen LogP contribution < -0.4 is 5.73 Å². The zero-order valence-corrected chi connectivity index (χ0v) is 10.6. The fourth-order valence-corrected chi connectivity index (χ4v) is 1.64. The molecule has 0 bridgehead atoms. The Hall–Kier alpha value is -1.22. The molecule has 88 valence electrons. The van der Waals surface area contributed by atoms with Gasteiger partial charge in [-0.1, -0.05) is 18.5 Å². The highest BCUT2D eigenvalue weighted by atomic mass is 35.5. The number of hydrogen-bond donors (Lipinski definition) is 1. The summed E-state index contributed by atoms with van der Waals surface area (Å²) in [6.45, 7) is 4.04. The van der Waals surface area contributed by atoms with Crippen molar-refractivity contribution >= 4 is 23.2 Å². The molecule has 0 aliphatic rings. The van der Waals surface area contributed by atoms with Crippen LogP contribution in [0.3, 0.4) is 0 Å². The van der Waals surface area contributed by atoms with Gasteiger partial charge in [0.05, 0.1) is 10.6 Å². The van der Waals surface area contributed by atoms with Crippen LogP contribution in [0.5, 0.6) is 0 Å². The topological polar surface area (TPSA) is 46.3 Å². The van der Waals surface area contributed by atoms with E-state index in [-0.39, 0.29) is 11.9 Å². The first-order valence-electron chi connectivity index (χ1n) is 5.29. The third-order valence-electron chi connectivity index (χ3n) is 2.80. The Balaban J connectivity index is 2.96. The molecule has 2 N–H and O–H groups in total. The SMILES string of the molecule is CCC(C)N(C)C(=O)c1ccc(N)cc1Cl. The number of carbonyl (C=O) groups is 1.